The summed E-state index contributed by atoms with van der Waals surface area (Å²) in [5.41, 5.74) is 5.73. The number of benzene rings is 1. The minimum absolute atomic E-state index is 0.0595. The number of rotatable bonds is 4. The van der Waals surface area contributed by atoms with Gasteiger partial charge in [0.25, 0.3) is 0 Å². The third kappa shape index (κ3) is 3.94. The fourth-order valence-electron chi connectivity index (χ4n) is 1.16. The molecule has 1 rings (SSSR count). The molecule has 0 aliphatic rings. The van der Waals surface area contributed by atoms with E-state index >= 15 is 0 Å². The van der Waals surface area contributed by atoms with Gasteiger partial charge in [-0.15, -0.1) is 0 Å². The van der Waals surface area contributed by atoms with Crippen LogP contribution >= 0.6 is 0 Å². The molecule has 1 amide bonds. The maximum absolute atomic E-state index is 12.8. The lowest BCUT2D eigenvalue weighted by molar-refractivity contribution is -0.116. The van der Waals surface area contributed by atoms with Crippen LogP contribution in [-0.4, -0.2) is 11.9 Å². The second kappa shape index (κ2) is 5.55. The second-order valence-corrected chi connectivity index (χ2v) is 3.69. The summed E-state index contributed by atoms with van der Waals surface area (Å²) in [4.78, 5) is 11.3. The highest BCUT2D eigenvalue weighted by Gasteiger charge is 2.06. The Morgan fingerprint density at radius 3 is 2.69 bits per heavy atom. The molecule has 0 fully saturated rings. The van der Waals surface area contributed by atoms with Crippen molar-refractivity contribution in [3.05, 3.63) is 29.8 Å². The molecule has 0 heterocycles. The van der Waals surface area contributed by atoms with Crippen LogP contribution in [0.2, 0.25) is 0 Å². The number of halogens is 2. The van der Waals surface area contributed by atoms with Crippen molar-refractivity contribution in [2.75, 3.05) is 5.32 Å². The highest BCUT2D eigenvalue weighted by molar-refractivity contribution is 5.90. The first-order chi connectivity index (χ1) is 7.49. The van der Waals surface area contributed by atoms with Crippen LogP contribution < -0.4 is 11.1 Å². The van der Waals surface area contributed by atoms with Crippen molar-refractivity contribution in [1.82, 2.24) is 0 Å². The molecule has 5 heteroatoms. The zero-order valence-electron chi connectivity index (χ0n) is 8.97. The molecule has 0 aromatic heterocycles. The summed E-state index contributed by atoms with van der Waals surface area (Å²) in [5, 5.41) is 2.46. The molecule has 1 aromatic carbocycles. The summed E-state index contributed by atoms with van der Waals surface area (Å²) in [6, 6.07) is 3.16. The molecule has 3 N–H and O–H groups in total. The number of nitrogens with one attached hydrogen (secondary N) is 1. The average Bonchev–Trinajstić information content (AvgIpc) is 2.21. The van der Waals surface area contributed by atoms with Crippen LogP contribution in [0.4, 0.5) is 14.5 Å². The van der Waals surface area contributed by atoms with Gasteiger partial charge in [-0.25, -0.2) is 8.78 Å². The van der Waals surface area contributed by atoms with E-state index < -0.39 is 11.6 Å². The van der Waals surface area contributed by atoms with Gasteiger partial charge in [0.05, 0.1) is 0 Å². The van der Waals surface area contributed by atoms with Gasteiger partial charge in [0.1, 0.15) is 0 Å². The molecule has 0 aliphatic carbocycles. The van der Waals surface area contributed by atoms with Gasteiger partial charge in [-0.3, -0.25) is 4.79 Å². The Hall–Kier alpha value is -1.49. The van der Waals surface area contributed by atoms with Crippen LogP contribution in [0.1, 0.15) is 19.8 Å². The molecule has 3 nitrogen and oxygen atoms in total. The molecule has 1 atom stereocenters. The maximum Gasteiger partial charge on any atom is 0.224 e. The zero-order valence-corrected chi connectivity index (χ0v) is 8.97. The molecular formula is C11H14F2N2O. The Bertz CT molecular complexity index is 380. The average molecular weight is 228 g/mol. The van der Waals surface area contributed by atoms with E-state index in [2.05, 4.69) is 5.32 Å². The predicted octanol–water partition coefficient (Wildman–Crippen LogP) is 2.03. The van der Waals surface area contributed by atoms with Gasteiger partial charge in [0.15, 0.2) is 11.6 Å². The Kier molecular flexibility index (Phi) is 4.37. The van der Waals surface area contributed by atoms with Gasteiger partial charge in [0.2, 0.25) is 5.91 Å². The monoisotopic (exact) mass is 228 g/mol. The quantitative estimate of drug-likeness (QED) is 0.828. The highest BCUT2D eigenvalue weighted by atomic mass is 19.2. The van der Waals surface area contributed by atoms with Gasteiger partial charge in [-0.2, -0.15) is 0 Å². The first-order valence-corrected chi connectivity index (χ1v) is 4.99. The van der Waals surface area contributed by atoms with Crippen molar-refractivity contribution in [2.24, 2.45) is 5.73 Å². The standard InChI is InChI=1S/C11H14F2N2O/c1-7(14)2-5-11(16)15-8-3-4-9(12)10(13)6-8/h3-4,6-7H,2,5,14H2,1H3,(H,15,16). The Balaban J connectivity index is 2.53. The number of carbonyl (C=O) groups is 1. The first kappa shape index (κ1) is 12.6. The van der Waals surface area contributed by atoms with Crippen molar-refractivity contribution in [3.8, 4) is 0 Å². The Morgan fingerprint density at radius 1 is 1.44 bits per heavy atom. The Morgan fingerprint density at radius 2 is 2.12 bits per heavy atom. The molecule has 0 spiro atoms. The van der Waals surface area contributed by atoms with E-state index in [4.69, 9.17) is 5.73 Å². The van der Waals surface area contributed by atoms with E-state index in [1.807, 2.05) is 0 Å². The largest absolute Gasteiger partial charge is 0.328 e. The molecule has 0 aliphatic heterocycles. The molecule has 16 heavy (non-hydrogen) atoms. The molecule has 1 unspecified atom stereocenters. The summed E-state index contributed by atoms with van der Waals surface area (Å²) in [7, 11) is 0. The van der Waals surface area contributed by atoms with Crippen LogP contribution in [0.3, 0.4) is 0 Å². The fourth-order valence-corrected chi connectivity index (χ4v) is 1.16. The highest BCUT2D eigenvalue weighted by Crippen LogP contribution is 2.13. The number of nitrogens with two attached hydrogens (primary N) is 1. The van der Waals surface area contributed by atoms with E-state index in [1.165, 1.54) is 6.07 Å². The third-order valence-electron chi connectivity index (χ3n) is 2.03. The van der Waals surface area contributed by atoms with Crippen molar-refractivity contribution in [3.63, 3.8) is 0 Å². The fraction of sp³-hybridized carbons (Fsp3) is 0.364. The summed E-state index contributed by atoms with van der Waals surface area (Å²) >= 11 is 0. The zero-order chi connectivity index (χ0) is 12.1. The van der Waals surface area contributed by atoms with Crippen molar-refractivity contribution in [1.29, 1.82) is 0 Å². The molecule has 0 bridgehead atoms. The lowest BCUT2D eigenvalue weighted by Gasteiger charge is -2.07. The molecule has 1 aromatic rings. The van der Waals surface area contributed by atoms with Crippen molar-refractivity contribution >= 4 is 11.6 Å². The normalized spacial score (nSPS) is 12.2. The Labute approximate surface area is 92.6 Å². The minimum Gasteiger partial charge on any atom is -0.328 e. The molecule has 0 radical (unpaired) electrons. The SMILES string of the molecule is CC(N)CCC(=O)Nc1ccc(F)c(F)c1. The number of anilines is 1. The minimum atomic E-state index is -0.981. The number of amides is 1. The maximum atomic E-state index is 12.8. The molecular weight excluding hydrogens is 214 g/mol. The van der Waals surface area contributed by atoms with Crippen molar-refractivity contribution in [2.45, 2.75) is 25.8 Å². The van der Waals surface area contributed by atoms with E-state index in [-0.39, 0.29) is 24.1 Å². The molecule has 0 saturated heterocycles. The van der Waals surface area contributed by atoms with Gasteiger partial charge < -0.3 is 11.1 Å². The number of carbonyl (C=O) groups excluding carboxylic acids is 1. The van der Waals surface area contributed by atoms with E-state index in [0.717, 1.165) is 12.1 Å². The van der Waals surface area contributed by atoms with E-state index in [9.17, 15) is 13.6 Å². The molecule has 88 valence electrons. The van der Waals surface area contributed by atoms with Gasteiger partial charge >= 0.3 is 0 Å². The second-order valence-electron chi connectivity index (χ2n) is 3.69. The summed E-state index contributed by atoms with van der Waals surface area (Å²) in [5.74, 6) is -2.18. The summed E-state index contributed by atoms with van der Waals surface area (Å²) in [6.07, 6.45) is 0.812. The summed E-state index contributed by atoms with van der Waals surface area (Å²) < 4.78 is 25.4. The van der Waals surface area contributed by atoms with Gasteiger partial charge in [0, 0.05) is 24.2 Å². The van der Waals surface area contributed by atoms with Gasteiger partial charge in [-0.05, 0) is 25.5 Å². The molecule has 0 saturated carbocycles. The summed E-state index contributed by atoms with van der Waals surface area (Å²) in [6.45, 7) is 1.80. The lowest BCUT2D eigenvalue weighted by atomic mass is 10.2. The van der Waals surface area contributed by atoms with Gasteiger partial charge in [-0.1, -0.05) is 0 Å². The van der Waals surface area contributed by atoms with Crippen LogP contribution in [-0.2, 0) is 4.79 Å². The third-order valence-corrected chi connectivity index (χ3v) is 2.03. The first-order valence-electron chi connectivity index (χ1n) is 4.99. The number of hydrogen-bond acceptors (Lipinski definition) is 2. The van der Waals surface area contributed by atoms with Crippen LogP contribution in [0.15, 0.2) is 18.2 Å². The van der Waals surface area contributed by atoms with Crippen LogP contribution in [0.25, 0.3) is 0 Å². The van der Waals surface area contributed by atoms with Crippen molar-refractivity contribution < 1.29 is 13.6 Å². The number of hydrogen-bond donors (Lipinski definition) is 2. The topological polar surface area (TPSA) is 55.1 Å². The smallest absolute Gasteiger partial charge is 0.224 e. The van der Waals surface area contributed by atoms with E-state index in [1.54, 1.807) is 6.92 Å². The van der Waals surface area contributed by atoms with E-state index in [0.29, 0.717) is 6.42 Å². The van der Waals surface area contributed by atoms with Crippen LogP contribution in [0, 0.1) is 11.6 Å². The van der Waals surface area contributed by atoms with Crippen LogP contribution in [0.5, 0.6) is 0 Å². The predicted molar refractivity (Wildman–Crippen MR) is 57.9 cm³/mol. The lowest BCUT2D eigenvalue weighted by Crippen LogP contribution is -2.19.